The molecule has 0 bridgehead atoms. The molecule has 1 aliphatic rings. The fourth-order valence-corrected chi connectivity index (χ4v) is 3.07. The molecule has 0 atom stereocenters. The Bertz CT molecular complexity index is 887. The summed E-state index contributed by atoms with van der Waals surface area (Å²) in [6.45, 7) is 1.77. The Hall–Kier alpha value is -2.25. The summed E-state index contributed by atoms with van der Waals surface area (Å²) in [4.78, 5) is 11.7. The maximum Gasteiger partial charge on any atom is 0.295 e. The summed E-state index contributed by atoms with van der Waals surface area (Å²) in [5.74, 6) is -0.127. The van der Waals surface area contributed by atoms with E-state index in [1.807, 2.05) is 0 Å². The van der Waals surface area contributed by atoms with E-state index in [0.717, 1.165) is 5.71 Å². The summed E-state index contributed by atoms with van der Waals surface area (Å²) in [6, 6.07) is 9.42. The number of benzene rings is 2. The van der Waals surface area contributed by atoms with Gasteiger partial charge in [-0.1, -0.05) is 18.2 Å². The largest absolute Gasteiger partial charge is 0.295 e. The molecule has 0 saturated heterocycles. The van der Waals surface area contributed by atoms with Gasteiger partial charge in [-0.25, -0.2) is 5.01 Å². The van der Waals surface area contributed by atoms with Crippen LogP contribution >= 0.6 is 0 Å². The zero-order valence-corrected chi connectivity index (χ0v) is 12.0. The van der Waals surface area contributed by atoms with Gasteiger partial charge in [0.15, 0.2) is 0 Å². The van der Waals surface area contributed by atoms with Crippen molar-refractivity contribution in [1.29, 1.82) is 0 Å². The molecular formula is C14H12N2O4S. The van der Waals surface area contributed by atoms with Gasteiger partial charge in [0.1, 0.15) is 4.90 Å². The molecule has 0 aromatic heterocycles. The van der Waals surface area contributed by atoms with Crippen LogP contribution in [0.15, 0.2) is 46.4 Å². The van der Waals surface area contributed by atoms with Gasteiger partial charge in [0.2, 0.25) is 0 Å². The first kappa shape index (κ1) is 13.7. The summed E-state index contributed by atoms with van der Waals surface area (Å²) in [6.07, 6.45) is 0.281. The SMILES string of the molecule is CC1=NN(c2ccc3c(S(=O)(=O)O)cccc3c2)C(=O)C1. The minimum atomic E-state index is -4.29. The summed E-state index contributed by atoms with van der Waals surface area (Å²) >= 11 is 0. The molecule has 0 spiro atoms. The first-order chi connectivity index (χ1) is 9.86. The van der Waals surface area contributed by atoms with Gasteiger partial charge in [0.05, 0.1) is 12.1 Å². The van der Waals surface area contributed by atoms with E-state index in [0.29, 0.717) is 16.5 Å². The van der Waals surface area contributed by atoms with Crippen LogP contribution in [0.5, 0.6) is 0 Å². The molecular weight excluding hydrogens is 292 g/mol. The monoisotopic (exact) mass is 304 g/mol. The predicted molar refractivity (Wildman–Crippen MR) is 79.0 cm³/mol. The van der Waals surface area contributed by atoms with Gasteiger partial charge in [0, 0.05) is 11.1 Å². The van der Waals surface area contributed by atoms with Gasteiger partial charge in [-0.3, -0.25) is 9.35 Å². The molecule has 0 fully saturated rings. The van der Waals surface area contributed by atoms with E-state index >= 15 is 0 Å². The number of carbonyl (C=O) groups excluding carboxylic acids is 1. The fourth-order valence-electron chi connectivity index (χ4n) is 2.36. The second-order valence-electron chi connectivity index (χ2n) is 4.85. The number of hydrogen-bond acceptors (Lipinski definition) is 4. The average Bonchev–Trinajstić information content (AvgIpc) is 2.75. The second-order valence-corrected chi connectivity index (χ2v) is 6.24. The number of hydrazone groups is 1. The van der Waals surface area contributed by atoms with Crippen molar-refractivity contribution in [3.63, 3.8) is 0 Å². The van der Waals surface area contributed by atoms with Gasteiger partial charge in [-0.2, -0.15) is 13.5 Å². The fraction of sp³-hybridized carbons (Fsp3) is 0.143. The zero-order valence-electron chi connectivity index (χ0n) is 11.1. The van der Waals surface area contributed by atoms with Crippen LogP contribution in [0.1, 0.15) is 13.3 Å². The highest BCUT2D eigenvalue weighted by Crippen LogP contribution is 2.29. The predicted octanol–water partition coefficient (Wildman–Crippen LogP) is 2.20. The van der Waals surface area contributed by atoms with Gasteiger partial charge >= 0.3 is 0 Å². The molecule has 0 unspecified atom stereocenters. The van der Waals surface area contributed by atoms with Crippen molar-refractivity contribution in [2.45, 2.75) is 18.2 Å². The van der Waals surface area contributed by atoms with Crippen molar-refractivity contribution >= 4 is 38.2 Å². The Labute approximate surface area is 121 Å². The third-order valence-corrected chi connectivity index (χ3v) is 4.17. The summed E-state index contributed by atoms with van der Waals surface area (Å²) in [7, 11) is -4.29. The lowest BCUT2D eigenvalue weighted by Crippen LogP contribution is -2.19. The maximum absolute atomic E-state index is 11.8. The van der Waals surface area contributed by atoms with Crippen LogP contribution in [0.3, 0.4) is 0 Å². The van der Waals surface area contributed by atoms with Crippen molar-refractivity contribution in [3.8, 4) is 0 Å². The highest BCUT2D eigenvalue weighted by molar-refractivity contribution is 7.86. The van der Waals surface area contributed by atoms with Crippen LogP contribution in [0.25, 0.3) is 10.8 Å². The minimum absolute atomic E-state index is 0.127. The lowest BCUT2D eigenvalue weighted by Gasteiger charge is -2.13. The smallest absolute Gasteiger partial charge is 0.282 e. The zero-order chi connectivity index (χ0) is 15.2. The number of amides is 1. The van der Waals surface area contributed by atoms with Crippen LogP contribution in [0.4, 0.5) is 5.69 Å². The Morgan fingerprint density at radius 2 is 2.00 bits per heavy atom. The number of rotatable bonds is 2. The van der Waals surface area contributed by atoms with Crippen molar-refractivity contribution in [2.75, 3.05) is 5.01 Å². The van der Waals surface area contributed by atoms with Gasteiger partial charge < -0.3 is 0 Å². The lowest BCUT2D eigenvalue weighted by atomic mass is 10.1. The van der Waals surface area contributed by atoms with E-state index in [-0.39, 0.29) is 17.2 Å². The normalized spacial score (nSPS) is 15.6. The molecule has 2 aromatic rings. The maximum atomic E-state index is 11.8. The minimum Gasteiger partial charge on any atom is -0.282 e. The van der Waals surface area contributed by atoms with Crippen molar-refractivity contribution in [2.24, 2.45) is 5.10 Å². The second kappa shape index (κ2) is 4.64. The molecule has 0 radical (unpaired) electrons. The molecule has 1 aliphatic heterocycles. The number of fused-ring (bicyclic) bond motifs is 1. The molecule has 1 heterocycles. The van der Waals surface area contributed by atoms with Crippen LogP contribution < -0.4 is 5.01 Å². The molecule has 1 amide bonds. The van der Waals surface area contributed by atoms with Crippen LogP contribution in [0, 0.1) is 0 Å². The quantitative estimate of drug-likeness (QED) is 0.862. The molecule has 0 saturated carbocycles. The number of nitrogens with zero attached hydrogens (tertiary/aromatic N) is 2. The molecule has 7 heteroatoms. The summed E-state index contributed by atoms with van der Waals surface area (Å²) in [5.41, 5.74) is 1.30. The Morgan fingerprint density at radius 3 is 2.62 bits per heavy atom. The van der Waals surface area contributed by atoms with E-state index in [9.17, 15) is 17.8 Å². The lowest BCUT2D eigenvalue weighted by molar-refractivity contribution is -0.116. The molecule has 2 aromatic carbocycles. The van der Waals surface area contributed by atoms with Gasteiger partial charge in [0.25, 0.3) is 16.0 Å². The third kappa shape index (κ3) is 2.41. The van der Waals surface area contributed by atoms with E-state index < -0.39 is 10.1 Å². The van der Waals surface area contributed by atoms with Gasteiger partial charge in [-0.05, 0) is 30.5 Å². The Kier molecular flexibility index (Phi) is 3.03. The van der Waals surface area contributed by atoms with Gasteiger partial charge in [-0.15, -0.1) is 0 Å². The summed E-state index contributed by atoms with van der Waals surface area (Å²) < 4.78 is 31.9. The van der Waals surface area contributed by atoms with Crippen molar-refractivity contribution < 1.29 is 17.8 Å². The van der Waals surface area contributed by atoms with Crippen LogP contribution in [0.2, 0.25) is 0 Å². The first-order valence-corrected chi connectivity index (χ1v) is 7.67. The van der Waals surface area contributed by atoms with E-state index in [2.05, 4.69) is 5.10 Å². The molecule has 3 rings (SSSR count). The first-order valence-electron chi connectivity index (χ1n) is 6.23. The summed E-state index contributed by atoms with van der Waals surface area (Å²) in [5, 5.41) is 6.46. The molecule has 1 N–H and O–H groups in total. The van der Waals surface area contributed by atoms with Crippen LogP contribution in [-0.2, 0) is 14.9 Å². The topological polar surface area (TPSA) is 87.0 Å². The highest BCUT2D eigenvalue weighted by Gasteiger charge is 2.23. The molecule has 0 aliphatic carbocycles. The highest BCUT2D eigenvalue weighted by atomic mass is 32.2. The van der Waals surface area contributed by atoms with E-state index in [4.69, 9.17) is 0 Å². The van der Waals surface area contributed by atoms with Crippen molar-refractivity contribution in [3.05, 3.63) is 36.4 Å². The standard InChI is InChI=1S/C14H12N2O4S/c1-9-7-14(17)16(15-9)11-5-6-12-10(8-11)3-2-4-13(12)21(18,19)20/h2-6,8H,7H2,1H3,(H,18,19,20). The third-order valence-electron chi connectivity index (χ3n) is 3.26. The van der Waals surface area contributed by atoms with Crippen molar-refractivity contribution in [1.82, 2.24) is 0 Å². The number of hydrogen-bond donors (Lipinski definition) is 1. The van der Waals surface area contributed by atoms with E-state index in [1.165, 1.54) is 17.1 Å². The number of anilines is 1. The Morgan fingerprint density at radius 1 is 1.24 bits per heavy atom. The molecule has 6 nitrogen and oxygen atoms in total. The molecule has 21 heavy (non-hydrogen) atoms. The number of carbonyl (C=O) groups is 1. The van der Waals surface area contributed by atoms with Crippen LogP contribution in [-0.4, -0.2) is 24.6 Å². The molecule has 108 valence electrons. The van der Waals surface area contributed by atoms with E-state index in [1.54, 1.807) is 31.2 Å². The average molecular weight is 304 g/mol. The Balaban J connectivity index is 2.17.